The van der Waals surface area contributed by atoms with Gasteiger partial charge in [-0.25, -0.2) is 9.79 Å². The van der Waals surface area contributed by atoms with Crippen LogP contribution in [0.4, 0.5) is 0 Å². The van der Waals surface area contributed by atoms with Crippen molar-refractivity contribution >= 4 is 0 Å². The molecule has 1 aromatic carbocycles. The second-order valence-electron chi connectivity index (χ2n) is 3.55. The summed E-state index contributed by atoms with van der Waals surface area (Å²) in [4.78, 5) is 0. The molecule has 0 fully saturated rings. The Balaban J connectivity index is 1.85. The fraction of sp³-hybridized carbons (Fsp3) is 0.364. The van der Waals surface area contributed by atoms with E-state index in [1.807, 2.05) is 18.2 Å². The van der Waals surface area contributed by atoms with Gasteiger partial charge in [0.05, 0.1) is 0 Å². The lowest BCUT2D eigenvalue weighted by Gasteiger charge is -2.02. The second-order valence-corrected chi connectivity index (χ2v) is 3.55. The zero-order chi connectivity index (χ0) is 11.2. The van der Waals surface area contributed by atoms with E-state index in [4.69, 9.17) is 0 Å². The second kappa shape index (κ2) is 5.37. The van der Waals surface area contributed by atoms with Gasteiger partial charge in [0.1, 0.15) is 6.61 Å². The molecule has 0 N–H and O–H groups in total. The van der Waals surface area contributed by atoms with Crippen LogP contribution in [0.3, 0.4) is 0 Å². The van der Waals surface area contributed by atoms with E-state index in [9.17, 15) is 5.11 Å². The van der Waals surface area contributed by atoms with Crippen molar-refractivity contribution in [3.05, 3.63) is 41.7 Å². The molecule has 0 amide bonds. The van der Waals surface area contributed by atoms with Crippen molar-refractivity contribution in [2.24, 2.45) is 0 Å². The lowest BCUT2D eigenvalue weighted by atomic mass is 10.1. The third-order valence-corrected chi connectivity index (χ3v) is 2.41. The van der Waals surface area contributed by atoms with Crippen molar-refractivity contribution in [3.63, 3.8) is 0 Å². The van der Waals surface area contributed by atoms with Crippen LogP contribution < -0.4 is 0 Å². The number of benzene rings is 1. The van der Waals surface area contributed by atoms with Crippen molar-refractivity contribution in [1.29, 1.82) is 0 Å². The molecule has 0 saturated carbocycles. The highest BCUT2D eigenvalue weighted by molar-refractivity contribution is 5.14. The molecule has 2 aromatic rings. The summed E-state index contributed by atoms with van der Waals surface area (Å²) in [6, 6.07) is 10.2. The molecule has 1 aromatic heterocycles. The van der Waals surface area contributed by atoms with Gasteiger partial charge in [-0.05, 0) is 28.8 Å². The quantitative estimate of drug-likeness (QED) is 0.756. The molecule has 5 heteroatoms. The topological polar surface area (TPSA) is 63.5 Å². The summed E-state index contributed by atoms with van der Waals surface area (Å²) in [5.74, 6) is 0.410. The van der Waals surface area contributed by atoms with Crippen molar-refractivity contribution in [2.45, 2.75) is 26.0 Å². The maximum absolute atomic E-state index is 10.7. The predicted molar refractivity (Wildman–Crippen MR) is 57.0 cm³/mol. The van der Waals surface area contributed by atoms with Crippen LogP contribution in [-0.4, -0.2) is 20.2 Å². The Kier molecular flexibility index (Phi) is 3.61. The van der Waals surface area contributed by atoms with Crippen molar-refractivity contribution in [2.75, 3.05) is 0 Å². The zero-order valence-corrected chi connectivity index (χ0v) is 8.91. The van der Waals surface area contributed by atoms with Crippen molar-refractivity contribution < 1.29 is 5.11 Å². The summed E-state index contributed by atoms with van der Waals surface area (Å²) >= 11 is 0. The SMILES string of the molecule is [O]Cc1nnnn1CCCc1ccccc1. The number of tetrazole rings is 1. The molecule has 2 rings (SSSR count). The molecule has 0 aliphatic rings. The van der Waals surface area contributed by atoms with Crippen LogP contribution in [0.25, 0.3) is 0 Å². The monoisotopic (exact) mass is 217 g/mol. The molecule has 83 valence electrons. The van der Waals surface area contributed by atoms with E-state index in [1.54, 1.807) is 4.68 Å². The lowest BCUT2D eigenvalue weighted by molar-refractivity contribution is 0.164. The fourth-order valence-electron chi connectivity index (χ4n) is 1.58. The van der Waals surface area contributed by atoms with E-state index in [0.29, 0.717) is 12.4 Å². The molecular weight excluding hydrogens is 204 g/mol. The van der Waals surface area contributed by atoms with Gasteiger partial charge >= 0.3 is 0 Å². The fourth-order valence-corrected chi connectivity index (χ4v) is 1.58. The molecule has 1 heterocycles. The summed E-state index contributed by atoms with van der Waals surface area (Å²) in [5.41, 5.74) is 1.29. The van der Waals surface area contributed by atoms with Crippen LogP contribution in [0.1, 0.15) is 17.8 Å². The number of aryl methyl sites for hydroxylation is 2. The molecule has 0 unspecified atom stereocenters. The van der Waals surface area contributed by atoms with Crippen LogP contribution in [-0.2, 0) is 24.7 Å². The van der Waals surface area contributed by atoms with Gasteiger partial charge in [0, 0.05) is 6.54 Å². The van der Waals surface area contributed by atoms with E-state index >= 15 is 0 Å². The number of hydrogen-bond acceptors (Lipinski definition) is 3. The average molecular weight is 217 g/mol. The molecule has 0 aliphatic carbocycles. The average Bonchev–Trinajstić information content (AvgIpc) is 2.78. The van der Waals surface area contributed by atoms with Crippen LogP contribution in [0, 0.1) is 0 Å². The highest BCUT2D eigenvalue weighted by Crippen LogP contribution is 2.04. The first kappa shape index (κ1) is 10.8. The first-order valence-corrected chi connectivity index (χ1v) is 5.27. The number of nitrogens with zero attached hydrogens (tertiary/aromatic N) is 4. The van der Waals surface area contributed by atoms with E-state index in [0.717, 1.165) is 12.8 Å². The van der Waals surface area contributed by atoms with E-state index in [1.165, 1.54) is 5.56 Å². The standard InChI is InChI=1S/C11H13N4O/c16-9-11-12-13-14-15(11)8-4-7-10-5-2-1-3-6-10/h1-3,5-6H,4,7-9H2. The minimum absolute atomic E-state index is 0.363. The number of rotatable bonds is 5. The van der Waals surface area contributed by atoms with Gasteiger partial charge in [-0.1, -0.05) is 30.3 Å². The Morgan fingerprint density at radius 2 is 2.00 bits per heavy atom. The van der Waals surface area contributed by atoms with Gasteiger partial charge in [-0.3, -0.25) is 0 Å². The molecule has 1 radical (unpaired) electrons. The van der Waals surface area contributed by atoms with Gasteiger partial charge in [-0.2, -0.15) is 0 Å². The van der Waals surface area contributed by atoms with Gasteiger partial charge in [0.2, 0.25) is 0 Å². The van der Waals surface area contributed by atoms with Gasteiger partial charge < -0.3 is 0 Å². The van der Waals surface area contributed by atoms with E-state index in [-0.39, 0.29) is 6.61 Å². The van der Waals surface area contributed by atoms with Crippen molar-refractivity contribution in [3.8, 4) is 0 Å². The number of aromatic nitrogens is 4. The molecule has 0 spiro atoms. The van der Waals surface area contributed by atoms with Crippen molar-refractivity contribution in [1.82, 2.24) is 20.2 Å². The summed E-state index contributed by atoms with van der Waals surface area (Å²) in [7, 11) is 0. The van der Waals surface area contributed by atoms with Gasteiger partial charge in [0.15, 0.2) is 5.82 Å². The molecule has 0 aliphatic heterocycles. The van der Waals surface area contributed by atoms with Crippen LogP contribution in [0.2, 0.25) is 0 Å². The molecule has 0 atom stereocenters. The maximum atomic E-state index is 10.7. The molecule has 16 heavy (non-hydrogen) atoms. The molecular formula is C11H13N4O. The maximum Gasteiger partial charge on any atom is 0.180 e. The number of hydrogen-bond donors (Lipinski definition) is 0. The first-order chi connectivity index (χ1) is 7.90. The van der Waals surface area contributed by atoms with Gasteiger partial charge in [0.25, 0.3) is 0 Å². The minimum Gasteiger partial charge on any atom is -0.228 e. The van der Waals surface area contributed by atoms with Crippen LogP contribution in [0.15, 0.2) is 30.3 Å². The smallest absolute Gasteiger partial charge is 0.180 e. The Morgan fingerprint density at radius 3 is 2.75 bits per heavy atom. The summed E-state index contributed by atoms with van der Waals surface area (Å²) in [6.07, 6.45) is 1.90. The highest BCUT2D eigenvalue weighted by Gasteiger charge is 2.04. The normalized spacial score (nSPS) is 10.6. The van der Waals surface area contributed by atoms with Gasteiger partial charge in [-0.15, -0.1) is 5.10 Å². The van der Waals surface area contributed by atoms with Crippen LogP contribution >= 0.6 is 0 Å². The largest absolute Gasteiger partial charge is 0.228 e. The summed E-state index contributed by atoms with van der Waals surface area (Å²) in [5, 5.41) is 21.6. The summed E-state index contributed by atoms with van der Waals surface area (Å²) < 4.78 is 1.58. The lowest BCUT2D eigenvalue weighted by Crippen LogP contribution is -2.06. The summed E-state index contributed by atoms with van der Waals surface area (Å²) in [6.45, 7) is 0.331. The molecule has 0 saturated heterocycles. The highest BCUT2D eigenvalue weighted by atomic mass is 16.3. The molecule has 0 bridgehead atoms. The molecule has 5 nitrogen and oxygen atoms in total. The Morgan fingerprint density at radius 1 is 1.19 bits per heavy atom. The predicted octanol–water partition coefficient (Wildman–Crippen LogP) is 1.24. The Labute approximate surface area is 93.7 Å². The Hall–Kier alpha value is -1.75. The first-order valence-electron chi connectivity index (χ1n) is 5.27. The third-order valence-electron chi connectivity index (χ3n) is 2.41. The van der Waals surface area contributed by atoms with Crippen LogP contribution in [0.5, 0.6) is 0 Å². The van der Waals surface area contributed by atoms with E-state index in [2.05, 4.69) is 27.7 Å². The zero-order valence-electron chi connectivity index (χ0n) is 8.91. The van der Waals surface area contributed by atoms with E-state index < -0.39 is 0 Å². The Bertz CT molecular complexity index is 427. The minimum atomic E-state index is -0.363. The third kappa shape index (κ3) is 2.64.